The largest absolute Gasteiger partial charge is 0.490 e. The fourth-order valence-corrected chi connectivity index (χ4v) is 7.48. The van der Waals surface area contributed by atoms with Crippen LogP contribution in [-0.2, 0) is 27.4 Å². The number of carbonyl (C=O) groups excluding carboxylic acids is 1. The van der Waals surface area contributed by atoms with Gasteiger partial charge in [0.15, 0.2) is 0 Å². The molecule has 4 aromatic rings. The van der Waals surface area contributed by atoms with Crippen molar-refractivity contribution in [2.24, 2.45) is 0 Å². The van der Waals surface area contributed by atoms with Crippen LogP contribution in [0, 0.1) is 5.82 Å². The molecule has 0 radical (unpaired) electrons. The van der Waals surface area contributed by atoms with Gasteiger partial charge in [-0.1, -0.05) is 54.6 Å². The molecule has 3 heterocycles. The Balaban J connectivity index is 1.04. The van der Waals surface area contributed by atoms with Gasteiger partial charge in [-0.2, -0.15) is 0 Å². The molecule has 3 aliphatic rings. The molecule has 0 unspecified atom stereocenters. The number of rotatable bonds is 13. The molecule has 1 N–H and O–H groups in total. The molecule has 0 bridgehead atoms. The van der Waals surface area contributed by atoms with Crippen LogP contribution in [0.1, 0.15) is 35.4 Å². The molecule has 7 rings (SSSR count). The Hall–Kier alpha value is -4.84. The maximum atomic E-state index is 13.8. The molecule has 4 atom stereocenters. The molecule has 0 saturated carbocycles. The Kier molecular flexibility index (Phi) is 11.9. The van der Waals surface area contributed by atoms with E-state index in [4.69, 9.17) is 23.7 Å². The number of aliphatic hydroxyl groups is 1. The van der Waals surface area contributed by atoms with Crippen LogP contribution in [0.15, 0.2) is 97.1 Å². The number of nitrogens with zero attached hydrogens (tertiary/aromatic N) is 3. The Morgan fingerprint density at radius 1 is 0.906 bits per heavy atom. The molecule has 10 nitrogen and oxygen atoms in total. The van der Waals surface area contributed by atoms with Crippen molar-refractivity contribution in [3.05, 3.63) is 120 Å². The molecule has 2 saturated heterocycles. The summed E-state index contributed by atoms with van der Waals surface area (Å²) in [6, 6.07) is 30.0. The molecular formula is C42H48FN3O7. The molecule has 0 aliphatic carbocycles. The van der Waals surface area contributed by atoms with Crippen molar-refractivity contribution in [2.75, 3.05) is 69.4 Å². The van der Waals surface area contributed by atoms with Crippen LogP contribution in [-0.4, -0.2) is 94.0 Å². The van der Waals surface area contributed by atoms with Crippen LogP contribution >= 0.6 is 0 Å². The summed E-state index contributed by atoms with van der Waals surface area (Å²) in [5.74, 6) is 0.917. The van der Waals surface area contributed by atoms with Crippen molar-refractivity contribution in [3.63, 3.8) is 0 Å². The number of anilines is 2. The Morgan fingerprint density at radius 3 is 2.57 bits per heavy atom. The highest BCUT2D eigenvalue weighted by atomic mass is 19.1. The van der Waals surface area contributed by atoms with Gasteiger partial charge < -0.3 is 43.5 Å². The SMILES string of the molecule is COCCCN1CCOc2ccc(CO[C@H]3CN(C(=O)OCc4ccccc4)C[C@@H](O)[C@@H]3c3ccc(O[C@H]4CCN(c5cccc(F)c5)C4)cc3)cc21. The predicted molar refractivity (Wildman–Crippen MR) is 200 cm³/mol. The quantitative estimate of drug-likeness (QED) is 0.157. The third kappa shape index (κ3) is 9.22. The van der Waals surface area contributed by atoms with Crippen LogP contribution in [0.5, 0.6) is 11.5 Å². The molecule has 3 aliphatic heterocycles. The molecule has 4 aromatic carbocycles. The monoisotopic (exact) mass is 725 g/mol. The van der Waals surface area contributed by atoms with Crippen molar-refractivity contribution in [3.8, 4) is 11.5 Å². The lowest BCUT2D eigenvalue weighted by Gasteiger charge is -2.41. The number of amides is 1. The minimum atomic E-state index is -0.896. The minimum absolute atomic E-state index is 0.0335. The van der Waals surface area contributed by atoms with Gasteiger partial charge in [0.2, 0.25) is 0 Å². The Morgan fingerprint density at radius 2 is 1.75 bits per heavy atom. The standard InChI is InChI=1S/C42H48FN3O7/c1-49-21-6-18-44-20-22-50-39-16-11-31(23-37(39)44)29-51-40-27-46(42(48)52-28-30-7-3-2-4-8-30)26-38(47)41(40)32-12-14-35(15-13-32)53-36-17-19-45(25-36)34-10-5-9-33(43)24-34/h2-5,7-16,23-24,36,38,40-41,47H,6,17-22,25-29H2,1H3/t36-,38+,40-,41-/m0/s1. The maximum Gasteiger partial charge on any atom is 0.410 e. The summed E-state index contributed by atoms with van der Waals surface area (Å²) >= 11 is 0. The van der Waals surface area contributed by atoms with Gasteiger partial charge in [-0.15, -0.1) is 0 Å². The number of likely N-dealkylation sites (tertiary alicyclic amines) is 1. The number of methoxy groups -OCH3 is 1. The molecule has 1 amide bonds. The van der Waals surface area contributed by atoms with E-state index >= 15 is 0 Å². The zero-order valence-corrected chi connectivity index (χ0v) is 30.1. The molecule has 53 heavy (non-hydrogen) atoms. The summed E-state index contributed by atoms with van der Waals surface area (Å²) in [6.45, 7) is 5.21. The lowest BCUT2D eigenvalue weighted by molar-refractivity contribution is -0.0692. The minimum Gasteiger partial charge on any atom is -0.490 e. The zero-order valence-electron chi connectivity index (χ0n) is 30.1. The number of piperidine rings is 1. The average molecular weight is 726 g/mol. The second-order valence-corrected chi connectivity index (χ2v) is 13.9. The van der Waals surface area contributed by atoms with Gasteiger partial charge in [0.25, 0.3) is 0 Å². The number of fused-ring (bicyclic) bond motifs is 1. The second kappa shape index (κ2) is 17.3. The van der Waals surface area contributed by atoms with E-state index in [1.54, 1.807) is 19.2 Å². The number of halogens is 1. The van der Waals surface area contributed by atoms with Crippen molar-refractivity contribution >= 4 is 17.5 Å². The first-order valence-electron chi connectivity index (χ1n) is 18.5. The average Bonchev–Trinajstić information content (AvgIpc) is 3.65. The van der Waals surface area contributed by atoms with Crippen LogP contribution in [0.2, 0.25) is 0 Å². The van der Waals surface area contributed by atoms with Crippen LogP contribution < -0.4 is 19.3 Å². The van der Waals surface area contributed by atoms with Gasteiger partial charge in [0, 0.05) is 44.8 Å². The maximum absolute atomic E-state index is 13.8. The summed E-state index contributed by atoms with van der Waals surface area (Å²) in [5.41, 5.74) is 4.62. The number of carbonyl (C=O) groups is 1. The van der Waals surface area contributed by atoms with Crippen molar-refractivity contribution in [1.29, 1.82) is 0 Å². The van der Waals surface area contributed by atoms with Gasteiger partial charge in [0.1, 0.15) is 36.6 Å². The Labute approximate surface area is 310 Å². The second-order valence-electron chi connectivity index (χ2n) is 13.9. The highest BCUT2D eigenvalue weighted by molar-refractivity contribution is 5.68. The van der Waals surface area contributed by atoms with E-state index in [1.165, 1.54) is 11.0 Å². The first kappa shape index (κ1) is 36.5. The van der Waals surface area contributed by atoms with E-state index in [2.05, 4.69) is 15.9 Å². The molecule has 2 fully saturated rings. The third-order valence-electron chi connectivity index (χ3n) is 10.2. The van der Waals surface area contributed by atoms with E-state index in [-0.39, 0.29) is 38.2 Å². The molecule has 280 valence electrons. The summed E-state index contributed by atoms with van der Waals surface area (Å²) in [4.78, 5) is 19.3. The highest BCUT2D eigenvalue weighted by Crippen LogP contribution is 2.36. The normalized spacial score (nSPS) is 21.2. The van der Waals surface area contributed by atoms with Crippen LogP contribution in [0.25, 0.3) is 0 Å². The summed E-state index contributed by atoms with van der Waals surface area (Å²) in [7, 11) is 1.71. The fraction of sp³-hybridized carbons (Fsp3) is 0.405. The van der Waals surface area contributed by atoms with Gasteiger partial charge in [-0.25, -0.2) is 9.18 Å². The van der Waals surface area contributed by atoms with Crippen LogP contribution in [0.4, 0.5) is 20.6 Å². The number of benzene rings is 4. The first-order chi connectivity index (χ1) is 25.9. The summed E-state index contributed by atoms with van der Waals surface area (Å²) in [6.07, 6.45) is -0.209. The van der Waals surface area contributed by atoms with E-state index in [0.29, 0.717) is 19.8 Å². The lowest BCUT2D eigenvalue weighted by atomic mass is 9.84. The van der Waals surface area contributed by atoms with Gasteiger partial charge in [0.05, 0.1) is 50.7 Å². The smallest absolute Gasteiger partial charge is 0.410 e. The van der Waals surface area contributed by atoms with Crippen molar-refractivity contribution in [1.82, 2.24) is 4.90 Å². The zero-order chi connectivity index (χ0) is 36.6. The van der Waals surface area contributed by atoms with E-state index in [0.717, 1.165) is 72.0 Å². The highest BCUT2D eigenvalue weighted by Gasteiger charge is 2.40. The van der Waals surface area contributed by atoms with Crippen molar-refractivity contribution in [2.45, 2.75) is 50.3 Å². The van der Waals surface area contributed by atoms with Crippen LogP contribution in [0.3, 0.4) is 0 Å². The lowest BCUT2D eigenvalue weighted by Crippen LogP contribution is -2.53. The number of hydrogen-bond donors (Lipinski definition) is 1. The molecule has 11 heteroatoms. The van der Waals surface area contributed by atoms with Crippen molar-refractivity contribution < 1.29 is 38.0 Å². The van der Waals surface area contributed by atoms with E-state index < -0.39 is 24.2 Å². The molecule has 0 aromatic heterocycles. The van der Waals surface area contributed by atoms with Gasteiger partial charge in [-0.3, -0.25) is 0 Å². The predicted octanol–water partition coefficient (Wildman–Crippen LogP) is 6.40. The fourth-order valence-electron chi connectivity index (χ4n) is 7.48. The van der Waals surface area contributed by atoms with E-state index in [9.17, 15) is 14.3 Å². The molecular weight excluding hydrogens is 677 g/mol. The number of hydrogen-bond acceptors (Lipinski definition) is 9. The topological polar surface area (TPSA) is 93.2 Å². The summed E-state index contributed by atoms with van der Waals surface area (Å²) < 4.78 is 43.6. The number of β-amino-alcohol motifs (C(OH)–C–C–N with tert-alkyl or cyclic N) is 1. The number of aliphatic hydroxyl groups excluding tert-OH is 1. The van der Waals surface area contributed by atoms with E-state index in [1.807, 2.05) is 72.8 Å². The molecule has 0 spiro atoms. The summed E-state index contributed by atoms with van der Waals surface area (Å²) in [5, 5.41) is 11.6. The first-order valence-corrected chi connectivity index (χ1v) is 18.5. The third-order valence-corrected chi connectivity index (χ3v) is 10.2. The Bertz CT molecular complexity index is 1800. The number of ether oxygens (including phenoxy) is 5. The van der Waals surface area contributed by atoms with Gasteiger partial charge in [-0.05, 0) is 65.6 Å². The van der Waals surface area contributed by atoms with Gasteiger partial charge >= 0.3 is 6.09 Å².